The Balaban J connectivity index is 1.64. The van der Waals surface area contributed by atoms with Crippen LogP contribution in [0.25, 0.3) is 0 Å². The molecule has 9 N–H and O–H groups in total. The monoisotopic (exact) mass is 1260 g/mol. The third-order valence-electron chi connectivity index (χ3n) is 18.6. The Labute approximate surface area is 544 Å². The van der Waals surface area contributed by atoms with Gasteiger partial charge in [0.1, 0.15) is 48.8 Å². The standard InChI is InChI=1S/C75H141NO13/c1-3-5-7-9-11-13-15-17-19-21-23-25-27-29-31-33-34-36-38-40-42-44-46-48-50-52-54-56-58-64(79)63(62-86-74-72(85)70(83)73(66(61-78)88-74)89-75-71(84)69(82)68(81)65(60-77)87-75)76-67(80)59-57-55-53-51-49-47-45-43-41-39-37-35-32-30-28-26-24-22-20-18-16-14-12-10-8-6-4-2/h16,18,22,24,28,30,63-66,68-75,77-79,81-85H,3-15,17,19-21,23,25-27,29,31-62H2,1-2H3,(H,76,80)/b18-16-,24-22-,30-28-. The Morgan fingerprint density at radius 1 is 0.404 bits per heavy atom. The summed E-state index contributed by atoms with van der Waals surface area (Å²) in [7, 11) is 0. The van der Waals surface area contributed by atoms with Crippen LogP contribution in [-0.2, 0) is 23.7 Å². The lowest BCUT2D eigenvalue weighted by atomic mass is 9.97. The van der Waals surface area contributed by atoms with E-state index in [0.717, 1.165) is 64.2 Å². The molecule has 2 aliphatic rings. The predicted molar refractivity (Wildman–Crippen MR) is 365 cm³/mol. The second-order valence-electron chi connectivity index (χ2n) is 26.8. The van der Waals surface area contributed by atoms with Crippen molar-refractivity contribution in [2.75, 3.05) is 19.8 Å². The fourth-order valence-corrected chi connectivity index (χ4v) is 12.6. The van der Waals surface area contributed by atoms with E-state index in [2.05, 4.69) is 55.6 Å². The van der Waals surface area contributed by atoms with Gasteiger partial charge in [-0.15, -0.1) is 0 Å². The minimum absolute atomic E-state index is 0.204. The average molecular weight is 1260 g/mol. The van der Waals surface area contributed by atoms with Gasteiger partial charge in [0.2, 0.25) is 5.91 Å². The van der Waals surface area contributed by atoms with Crippen molar-refractivity contribution in [2.24, 2.45) is 0 Å². The number of nitrogens with one attached hydrogen (secondary N) is 1. The number of carbonyl (C=O) groups is 1. The molecular formula is C75H141NO13. The van der Waals surface area contributed by atoms with Gasteiger partial charge in [0.05, 0.1) is 32.0 Å². The molecule has 12 unspecified atom stereocenters. The van der Waals surface area contributed by atoms with Crippen LogP contribution in [0.2, 0.25) is 0 Å². The number of carbonyl (C=O) groups excluding carboxylic acids is 1. The normalized spacial score (nSPS) is 23.2. The van der Waals surface area contributed by atoms with E-state index in [0.29, 0.717) is 12.8 Å². The summed E-state index contributed by atoms with van der Waals surface area (Å²) in [5.74, 6) is -0.204. The molecule has 12 atom stereocenters. The molecule has 0 spiro atoms. The molecule has 89 heavy (non-hydrogen) atoms. The lowest BCUT2D eigenvalue weighted by Crippen LogP contribution is -2.65. The van der Waals surface area contributed by atoms with Crippen molar-refractivity contribution < 1.29 is 64.6 Å². The van der Waals surface area contributed by atoms with Crippen LogP contribution in [0.3, 0.4) is 0 Å². The van der Waals surface area contributed by atoms with Crippen LogP contribution in [0.4, 0.5) is 0 Å². The highest BCUT2D eigenvalue weighted by Crippen LogP contribution is 2.30. The van der Waals surface area contributed by atoms with Gasteiger partial charge in [-0.1, -0.05) is 320 Å². The van der Waals surface area contributed by atoms with E-state index in [1.807, 2.05) is 0 Å². The van der Waals surface area contributed by atoms with E-state index < -0.39 is 86.8 Å². The first-order valence-corrected chi connectivity index (χ1v) is 37.7. The fraction of sp³-hybridized carbons (Fsp3) is 0.907. The zero-order valence-electron chi connectivity index (χ0n) is 57.2. The van der Waals surface area contributed by atoms with Crippen molar-refractivity contribution >= 4 is 5.91 Å². The SMILES string of the molecule is CCCCCCC/C=C\C/C=C\C/C=C\CCCCCCCCCCCCCCC(=O)NC(COC1OC(CO)C(OC2OC(CO)C(O)C(O)C2O)C(O)C1O)C(O)CCCCCCCCCCCCCCCCCCCCCCCCCCCCCC. The number of allylic oxidation sites excluding steroid dienone is 6. The first kappa shape index (κ1) is 83.3. The van der Waals surface area contributed by atoms with Crippen LogP contribution in [0, 0.1) is 0 Å². The second-order valence-corrected chi connectivity index (χ2v) is 26.8. The van der Waals surface area contributed by atoms with E-state index in [9.17, 15) is 45.6 Å². The summed E-state index contributed by atoms with van der Waals surface area (Å²) in [6, 6.07) is -0.832. The summed E-state index contributed by atoms with van der Waals surface area (Å²) < 4.78 is 23.0. The zero-order chi connectivity index (χ0) is 64.5. The lowest BCUT2D eigenvalue weighted by Gasteiger charge is -2.46. The Morgan fingerprint density at radius 3 is 1.13 bits per heavy atom. The highest BCUT2D eigenvalue weighted by atomic mass is 16.7. The first-order chi connectivity index (χ1) is 43.6. The maximum Gasteiger partial charge on any atom is 0.220 e. The fourth-order valence-electron chi connectivity index (χ4n) is 12.6. The molecule has 2 fully saturated rings. The maximum atomic E-state index is 13.4. The molecular weight excluding hydrogens is 1120 g/mol. The third kappa shape index (κ3) is 43.7. The summed E-state index contributed by atoms with van der Waals surface area (Å²) in [6.07, 6.45) is 60.2. The van der Waals surface area contributed by atoms with Crippen LogP contribution >= 0.6 is 0 Å². The van der Waals surface area contributed by atoms with Crippen molar-refractivity contribution in [3.05, 3.63) is 36.5 Å². The van der Waals surface area contributed by atoms with E-state index in [4.69, 9.17) is 18.9 Å². The highest BCUT2D eigenvalue weighted by molar-refractivity contribution is 5.76. The van der Waals surface area contributed by atoms with Crippen LogP contribution in [0.5, 0.6) is 0 Å². The molecule has 524 valence electrons. The van der Waals surface area contributed by atoms with Gasteiger partial charge in [0.25, 0.3) is 0 Å². The van der Waals surface area contributed by atoms with E-state index in [-0.39, 0.29) is 12.5 Å². The summed E-state index contributed by atoms with van der Waals surface area (Å²) in [5, 5.41) is 87.8. The van der Waals surface area contributed by atoms with Gasteiger partial charge in [0.15, 0.2) is 12.6 Å². The smallest absolute Gasteiger partial charge is 0.220 e. The van der Waals surface area contributed by atoms with E-state index in [1.54, 1.807) is 0 Å². The van der Waals surface area contributed by atoms with Crippen LogP contribution in [0.15, 0.2) is 36.5 Å². The topological polar surface area (TPSA) is 228 Å². The zero-order valence-corrected chi connectivity index (χ0v) is 57.2. The number of amides is 1. The van der Waals surface area contributed by atoms with Crippen LogP contribution in [-0.4, -0.2) is 140 Å². The minimum atomic E-state index is -1.78. The number of hydrogen-bond donors (Lipinski definition) is 9. The summed E-state index contributed by atoms with van der Waals surface area (Å²) in [6.45, 7) is 2.90. The average Bonchev–Trinajstić information content (AvgIpc) is 2.75. The predicted octanol–water partition coefficient (Wildman–Crippen LogP) is 16.1. The molecule has 0 aromatic rings. The van der Waals surface area contributed by atoms with Crippen molar-refractivity contribution in [1.82, 2.24) is 5.32 Å². The molecule has 2 saturated heterocycles. The summed E-state index contributed by atoms with van der Waals surface area (Å²) in [5.41, 5.74) is 0. The molecule has 0 radical (unpaired) electrons. The molecule has 1 amide bonds. The Kier molecular flexibility index (Phi) is 56.1. The van der Waals surface area contributed by atoms with E-state index >= 15 is 0 Å². The van der Waals surface area contributed by atoms with Crippen molar-refractivity contribution in [1.29, 1.82) is 0 Å². The Morgan fingerprint density at radius 2 is 0.742 bits per heavy atom. The molecule has 14 nitrogen and oxygen atoms in total. The third-order valence-corrected chi connectivity index (χ3v) is 18.6. The van der Waals surface area contributed by atoms with E-state index in [1.165, 1.54) is 250 Å². The van der Waals surface area contributed by atoms with Gasteiger partial charge in [-0.2, -0.15) is 0 Å². The first-order valence-electron chi connectivity index (χ1n) is 37.7. The summed E-state index contributed by atoms with van der Waals surface area (Å²) in [4.78, 5) is 13.4. The quantitative estimate of drug-likeness (QED) is 0.0204. The van der Waals surface area contributed by atoms with Gasteiger partial charge >= 0.3 is 0 Å². The van der Waals surface area contributed by atoms with Crippen molar-refractivity contribution in [2.45, 2.75) is 415 Å². The molecule has 2 rings (SSSR count). The lowest BCUT2D eigenvalue weighted by molar-refractivity contribution is -0.359. The molecule has 0 saturated carbocycles. The molecule has 2 heterocycles. The van der Waals surface area contributed by atoms with Gasteiger partial charge in [0, 0.05) is 6.42 Å². The number of hydrogen-bond acceptors (Lipinski definition) is 13. The highest BCUT2D eigenvalue weighted by Gasteiger charge is 2.51. The van der Waals surface area contributed by atoms with Crippen LogP contribution < -0.4 is 5.32 Å². The molecule has 0 bridgehead atoms. The largest absolute Gasteiger partial charge is 0.394 e. The van der Waals surface area contributed by atoms with Gasteiger partial charge in [-0.3, -0.25) is 4.79 Å². The molecule has 14 heteroatoms. The number of unbranched alkanes of at least 4 members (excludes halogenated alkanes) is 44. The maximum absolute atomic E-state index is 13.4. The molecule has 0 aromatic carbocycles. The Bertz CT molecular complexity index is 1630. The number of ether oxygens (including phenoxy) is 4. The second kappa shape index (κ2) is 59.9. The number of aliphatic hydroxyl groups excluding tert-OH is 8. The Hall–Kier alpha value is -1.79. The molecule has 0 aliphatic carbocycles. The molecule has 0 aromatic heterocycles. The minimum Gasteiger partial charge on any atom is -0.394 e. The van der Waals surface area contributed by atoms with Gasteiger partial charge < -0.3 is 65.1 Å². The van der Waals surface area contributed by atoms with Gasteiger partial charge in [-0.05, 0) is 51.4 Å². The number of rotatable bonds is 63. The molecule has 2 aliphatic heterocycles. The van der Waals surface area contributed by atoms with Crippen molar-refractivity contribution in [3.8, 4) is 0 Å². The van der Waals surface area contributed by atoms with Crippen molar-refractivity contribution in [3.63, 3.8) is 0 Å². The summed E-state index contributed by atoms with van der Waals surface area (Å²) >= 11 is 0. The van der Waals surface area contributed by atoms with Gasteiger partial charge in [-0.25, -0.2) is 0 Å². The van der Waals surface area contributed by atoms with Crippen LogP contribution in [0.1, 0.15) is 341 Å². The number of aliphatic hydroxyl groups is 8.